The molecule has 0 aromatic heterocycles. The predicted molar refractivity (Wildman–Crippen MR) is 96.9 cm³/mol. The maximum absolute atomic E-state index is 14.7. The molecule has 0 amide bonds. The van der Waals surface area contributed by atoms with E-state index >= 15 is 0 Å². The van der Waals surface area contributed by atoms with Crippen LogP contribution in [0.2, 0.25) is 0 Å². The maximum atomic E-state index is 14.7. The second kappa shape index (κ2) is 6.44. The van der Waals surface area contributed by atoms with Gasteiger partial charge in [0, 0.05) is 17.3 Å². The van der Waals surface area contributed by atoms with Crippen molar-refractivity contribution >= 4 is 17.9 Å². The highest BCUT2D eigenvalue weighted by Gasteiger charge is 2.18. The molecule has 0 saturated heterocycles. The molecule has 0 spiro atoms. The third kappa shape index (κ3) is 2.73. The summed E-state index contributed by atoms with van der Waals surface area (Å²) in [6, 6.07) is 17.1. The lowest BCUT2D eigenvalue weighted by Gasteiger charge is -2.12. The zero-order valence-electron chi connectivity index (χ0n) is 13.9. The lowest BCUT2D eigenvalue weighted by atomic mass is 9.97. The Morgan fingerprint density at radius 1 is 1.00 bits per heavy atom. The topological polar surface area (TPSA) is 47.9 Å². The Hall–Kier alpha value is -3.47. The van der Waals surface area contributed by atoms with Gasteiger partial charge in [-0.05, 0) is 35.9 Å². The number of carbonyl (C=O) groups is 1. The van der Waals surface area contributed by atoms with Gasteiger partial charge in [0.05, 0.1) is 12.7 Å². The van der Waals surface area contributed by atoms with E-state index in [4.69, 9.17) is 4.74 Å². The van der Waals surface area contributed by atoms with Crippen LogP contribution >= 0.6 is 0 Å². The summed E-state index contributed by atoms with van der Waals surface area (Å²) in [5.74, 6) is 0.132. The monoisotopic (exact) mass is 347 g/mol. The lowest BCUT2D eigenvalue weighted by molar-refractivity contribution is 0.0600. The number of ether oxygens (including phenoxy) is 2. The van der Waals surface area contributed by atoms with E-state index in [9.17, 15) is 9.18 Å². The van der Waals surface area contributed by atoms with Gasteiger partial charge in [-0.25, -0.2) is 9.18 Å². The highest BCUT2D eigenvalue weighted by atomic mass is 19.1. The molecule has 0 saturated carbocycles. The first-order chi connectivity index (χ1) is 12.7. The minimum absolute atomic E-state index is 0.160. The summed E-state index contributed by atoms with van der Waals surface area (Å²) in [5, 5.41) is 0. The number of fused-ring (bicyclic) bond motifs is 2. The third-order valence-corrected chi connectivity index (χ3v) is 4.16. The normalized spacial score (nSPS) is 11.8. The smallest absolute Gasteiger partial charge is 0.337 e. The number of nitrogens with zero attached hydrogens (tertiary/aromatic N) is 1. The van der Waals surface area contributed by atoms with Gasteiger partial charge in [0.1, 0.15) is 17.3 Å². The van der Waals surface area contributed by atoms with E-state index in [-0.39, 0.29) is 5.56 Å². The van der Waals surface area contributed by atoms with Crippen molar-refractivity contribution in [3.8, 4) is 22.6 Å². The Balaban J connectivity index is 1.83. The summed E-state index contributed by atoms with van der Waals surface area (Å²) in [6.07, 6.45) is 1.67. The Labute approximate surface area is 149 Å². The van der Waals surface area contributed by atoms with Crippen molar-refractivity contribution in [1.82, 2.24) is 0 Å². The third-order valence-electron chi connectivity index (χ3n) is 4.16. The van der Waals surface area contributed by atoms with Crippen LogP contribution in [0.4, 0.5) is 10.1 Å². The molecule has 0 unspecified atom stereocenters. The zero-order valence-corrected chi connectivity index (χ0v) is 13.9. The van der Waals surface area contributed by atoms with Gasteiger partial charge in [0.15, 0.2) is 5.75 Å². The summed E-state index contributed by atoms with van der Waals surface area (Å²) in [4.78, 5) is 16.0. The fourth-order valence-electron chi connectivity index (χ4n) is 2.88. The lowest BCUT2D eigenvalue weighted by Crippen LogP contribution is -2.02. The second-order valence-electron chi connectivity index (χ2n) is 5.73. The standard InChI is InChI=1S/C21H14FNO3/c1-25-21(24)13-9-10-15(17(22)11-13)14-5-4-8-19-16(14)12-23-18-6-2-3-7-20(18)26-19/h2-12H,1H3. The van der Waals surface area contributed by atoms with Crippen molar-refractivity contribution in [3.63, 3.8) is 0 Å². The minimum Gasteiger partial charge on any atom is -0.465 e. The SMILES string of the molecule is COC(=O)c1ccc(-c2cccc3c2C=Nc2ccccc2O3)c(F)c1. The molecule has 0 radical (unpaired) electrons. The van der Waals surface area contributed by atoms with Crippen LogP contribution in [0.1, 0.15) is 15.9 Å². The number of esters is 1. The predicted octanol–water partition coefficient (Wildman–Crippen LogP) is 5.14. The molecule has 4 nitrogen and oxygen atoms in total. The molecule has 0 fully saturated rings. The van der Waals surface area contributed by atoms with Crippen LogP contribution in [0.15, 0.2) is 65.7 Å². The van der Waals surface area contributed by atoms with Crippen LogP contribution in [-0.2, 0) is 4.74 Å². The van der Waals surface area contributed by atoms with E-state index < -0.39 is 11.8 Å². The number of benzene rings is 3. The molecular formula is C21H14FNO3. The maximum Gasteiger partial charge on any atom is 0.337 e. The van der Waals surface area contributed by atoms with E-state index in [2.05, 4.69) is 9.73 Å². The average Bonchev–Trinajstić information content (AvgIpc) is 2.86. The van der Waals surface area contributed by atoms with E-state index in [1.54, 1.807) is 24.4 Å². The summed E-state index contributed by atoms with van der Waals surface area (Å²) in [6.45, 7) is 0. The number of halogens is 1. The van der Waals surface area contributed by atoms with Gasteiger partial charge in [-0.1, -0.05) is 30.3 Å². The molecule has 128 valence electrons. The first-order valence-corrected chi connectivity index (χ1v) is 7.99. The Bertz CT molecular complexity index is 1040. The number of hydrogen-bond donors (Lipinski definition) is 0. The second-order valence-corrected chi connectivity index (χ2v) is 5.73. The summed E-state index contributed by atoms with van der Waals surface area (Å²) in [5.41, 5.74) is 2.53. The van der Waals surface area contributed by atoms with Crippen LogP contribution in [0, 0.1) is 5.82 Å². The number of methoxy groups -OCH3 is 1. The van der Waals surface area contributed by atoms with Crippen LogP contribution < -0.4 is 4.74 Å². The molecule has 1 heterocycles. The Morgan fingerprint density at radius 2 is 1.81 bits per heavy atom. The summed E-state index contributed by atoms with van der Waals surface area (Å²) >= 11 is 0. The fourth-order valence-corrected chi connectivity index (χ4v) is 2.88. The van der Waals surface area contributed by atoms with E-state index in [0.717, 1.165) is 0 Å². The van der Waals surface area contributed by atoms with Gasteiger partial charge >= 0.3 is 5.97 Å². The number of hydrogen-bond acceptors (Lipinski definition) is 4. The van der Waals surface area contributed by atoms with E-state index in [1.165, 1.54) is 19.2 Å². The molecule has 0 N–H and O–H groups in total. The van der Waals surface area contributed by atoms with Crippen LogP contribution in [0.3, 0.4) is 0 Å². The highest BCUT2D eigenvalue weighted by Crippen LogP contribution is 2.39. The van der Waals surface area contributed by atoms with Gasteiger partial charge in [-0.2, -0.15) is 0 Å². The van der Waals surface area contributed by atoms with Gasteiger partial charge in [0.2, 0.25) is 0 Å². The van der Waals surface area contributed by atoms with E-state index in [0.29, 0.717) is 33.9 Å². The molecule has 1 aliphatic heterocycles. The minimum atomic E-state index is -0.581. The molecular weight excluding hydrogens is 333 g/mol. The number of carbonyl (C=O) groups excluding carboxylic acids is 1. The molecule has 3 aromatic rings. The molecule has 4 rings (SSSR count). The van der Waals surface area contributed by atoms with Crippen molar-refractivity contribution in [1.29, 1.82) is 0 Å². The van der Waals surface area contributed by atoms with Crippen molar-refractivity contribution in [2.24, 2.45) is 4.99 Å². The van der Waals surface area contributed by atoms with Crippen molar-refractivity contribution < 1.29 is 18.7 Å². The van der Waals surface area contributed by atoms with Crippen molar-refractivity contribution in [3.05, 3.63) is 77.6 Å². The molecule has 0 atom stereocenters. The zero-order chi connectivity index (χ0) is 18.1. The largest absolute Gasteiger partial charge is 0.465 e. The first-order valence-electron chi connectivity index (χ1n) is 7.99. The number of aliphatic imine (C=N–C) groups is 1. The van der Waals surface area contributed by atoms with Crippen LogP contribution in [0.5, 0.6) is 11.5 Å². The van der Waals surface area contributed by atoms with Crippen LogP contribution in [-0.4, -0.2) is 19.3 Å². The number of rotatable bonds is 2. The fraction of sp³-hybridized carbons (Fsp3) is 0.0476. The van der Waals surface area contributed by atoms with Crippen molar-refractivity contribution in [2.45, 2.75) is 0 Å². The Kier molecular flexibility index (Phi) is 3.97. The van der Waals surface area contributed by atoms with E-state index in [1.807, 2.05) is 30.3 Å². The van der Waals surface area contributed by atoms with Crippen LogP contribution in [0.25, 0.3) is 11.1 Å². The summed E-state index contributed by atoms with van der Waals surface area (Å²) in [7, 11) is 1.26. The summed E-state index contributed by atoms with van der Waals surface area (Å²) < 4.78 is 25.3. The van der Waals surface area contributed by atoms with Gasteiger partial charge in [0.25, 0.3) is 0 Å². The molecule has 1 aliphatic rings. The van der Waals surface area contributed by atoms with Gasteiger partial charge in [-0.3, -0.25) is 4.99 Å². The molecule has 5 heteroatoms. The molecule has 26 heavy (non-hydrogen) atoms. The first kappa shape index (κ1) is 16.0. The van der Waals surface area contributed by atoms with Gasteiger partial charge in [-0.15, -0.1) is 0 Å². The molecule has 0 aliphatic carbocycles. The number of para-hydroxylation sites is 2. The highest BCUT2D eigenvalue weighted by molar-refractivity contribution is 5.97. The quantitative estimate of drug-likeness (QED) is 0.472. The molecule has 3 aromatic carbocycles. The Morgan fingerprint density at radius 3 is 2.62 bits per heavy atom. The molecule has 0 bridgehead atoms. The van der Waals surface area contributed by atoms with Crippen molar-refractivity contribution in [2.75, 3.05) is 7.11 Å². The van der Waals surface area contributed by atoms with Gasteiger partial charge < -0.3 is 9.47 Å². The average molecular weight is 347 g/mol.